The van der Waals surface area contributed by atoms with Crippen LogP contribution in [0.25, 0.3) is 0 Å². The number of benzene rings is 2. The number of carbonyl (C=O) groups is 2. The van der Waals surface area contributed by atoms with Crippen LogP contribution in [-0.4, -0.2) is 37.1 Å². The Bertz CT molecular complexity index is 920. The van der Waals surface area contributed by atoms with Gasteiger partial charge in [0.2, 0.25) is 0 Å². The van der Waals surface area contributed by atoms with Gasteiger partial charge in [0.1, 0.15) is 11.5 Å². The number of hydrogen-bond acceptors (Lipinski definition) is 4. The largest absolute Gasteiger partial charge is 0.484 e. The summed E-state index contributed by atoms with van der Waals surface area (Å²) in [5.41, 5.74) is 3.28. The number of rotatable bonds is 11. The molecular formula is C26H34N2O4. The van der Waals surface area contributed by atoms with Gasteiger partial charge < -0.3 is 20.1 Å². The number of aryl methyl sites for hydroxylation is 1. The van der Waals surface area contributed by atoms with Crippen LogP contribution >= 0.6 is 0 Å². The highest BCUT2D eigenvalue weighted by Gasteiger charge is 2.23. The lowest BCUT2D eigenvalue weighted by Crippen LogP contribution is -2.37. The van der Waals surface area contributed by atoms with Crippen molar-refractivity contribution in [3.8, 4) is 11.5 Å². The van der Waals surface area contributed by atoms with Gasteiger partial charge in [0.05, 0.1) is 0 Å². The zero-order valence-electron chi connectivity index (χ0n) is 19.4. The Morgan fingerprint density at radius 3 is 2.44 bits per heavy atom. The standard InChI is InChI=1S/C26H34N2O4/c1-17(2)23-12-5-18(3)15-24(23)32-19(4)26(30)27-14-13-20-6-10-22(11-7-20)31-16-25(29)28-21-8-9-21/h5-7,10-12,15,17,19,21H,8-9,13-14,16H2,1-4H3,(H,27,30)(H,28,29). The van der Waals surface area contributed by atoms with E-state index in [1.54, 1.807) is 6.92 Å². The second kappa shape index (κ2) is 11.0. The third-order valence-corrected chi connectivity index (χ3v) is 5.41. The summed E-state index contributed by atoms with van der Waals surface area (Å²) in [6.07, 6.45) is 2.24. The van der Waals surface area contributed by atoms with Gasteiger partial charge in [-0.05, 0) is 73.9 Å². The maximum atomic E-state index is 12.5. The molecule has 0 radical (unpaired) electrons. The molecule has 1 aliphatic carbocycles. The first-order valence-corrected chi connectivity index (χ1v) is 11.4. The van der Waals surface area contributed by atoms with Crippen LogP contribution in [0.5, 0.6) is 11.5 Å². The molecule has 2 amide bonds. The van der Waals surface area contributed by atoms with Crippen molar-refractivity contribution in [2.75, 3.05) is 13.2 Å². The van der Waals surface area contributed by atoms with E-state index in [4.69, 9.17) is 9.47 Å². The molecule has 1 aliphatic rings. The van der Waals surface area contributed by atoms with Gasteiger partial charge >= 0.3 is 0 Å². The predicted molar refractivity (Wildman–Crippen MR) is 125 cm³/mol. The molecule has 6 heteroatoms. The zero-order chi connectivity index (χ0) is 23.1. The van der Waals surface area contributed by atoms with Crippen LogP contribution in [0.2, 0.25) is 0 Å². The Morgan fingerprint density at radius 2 is 1.78 bits per heavy atom. The molecule has 0 saturated heterocycles. The molecule has 3 rings (SSSR count). The van der Waals surface area contributed by atoms with Crippen LogP contribution in [0, 0.1) is 6.92 Å². The summed E-state index contributed by atoms with van der Waals surface area (Å²) in [4.78, 5) is 24.2. The van der Waals surface area contributed by atoms with E-state index in [0.29, 0.717) is 30.7 Å². The van der Waals surface area contributed by atoms with Crippen LogP contribution in [0.4, 0.5) is 0 Å². The minimum atomic E-state index is -0.577. The fourth-order valence-electron chi connectivity index (χ4n) is 3.34. The summed E-state index contributed by atoms with van der Waals surface area (Å²) in [6.45, 7) is 8.56. The van der Waals surface area contributed by atoms with Gasteiger partial charge in [0.25, 0.3) is 11.8 Å². The van der Waals surface area contributed by atoms with Crippen LogP contribution in [0.15, 0.2) is 42.5 Å². The molecule has 172 valence electrons. The molecule has 6 nitrogen and oxygen atoms in total. The monoisotopic (exact) mass is 438 g/mol. The molecule has 2 aromatic rings. The van der Waals surface area contributed by atoms with Crippen molar-refractivity contribution in [2.45, 2.75) is 65.0 Å². The van der Waals surface area contributed by atoms with E-state index >= 15 is 0 Å². The summed E-state index contributed by atoms with van der Waals surface area (Å²) in [5.74, 6) is 1.53. The van der Waals surface area contributed by atoms with Crippen molar-refractivity contribution in [3.63, 3.8) is 0 Å². The van der Waals surface area contributed by atoms with Crippen molar-refractivity contribution < 1.29 is 19.1 Å². The summed E-state index contributed by atoms with van der Waals surface area (Å²) in [7, 11) is 0. The van der Waals surface area contributed by atoms with E-state index in [9.17, 15) is 9.59 Å². The van der Waals surface area contributed by atoms with Crippen molar-refractivity contribution in [1.82, 2.24) is 10.6 Å². The first kappa shape index (κ1) is 23.6. The van der Waals surface area contributed by atoms with Gasteiger partial charge in [-0.1, -0.05) is 38.1 Å². The van der Waals surface area contributed by atoms with Crippen LogP contribution < -0.4 is 20.1 Å². The number of amides is 2. The number of carbonyl (C=O) groups excluding carboxylic acids is 2. The van der Waals surface area contributed by atoms with Crippen molar-refractivity contribution in [1.29, 1.82) is 0 Å². The van der Waals surface area contributed by atoms with Crippen LogP contribution in [0.3, 0.4) is 0 Å². The molecule has 0 aliphatic heterocycles. The van der Waals surface area contributed by atoms with E-state index in [-0.39, 0.29) is 18.4 Å². The second-order valence-electron chi connectivity index (χ2n) is 8.77. The Hall–Kier alpha value is -3.02. The summed E-state index contributed by atoms with van der Waals surface area (Å²) in [5, 5.41) is 5.84. The van der Waals surface area contributed by atoms with Gasteiger partial charge in [-0.15, -0.1) is 0 Å². The first-order chi connectivity index (χ1) is 15.3. The topological polar surface area (TPSA) is 76.7 Å². The highest BCUT2D eigenvalue weighted by atomic mass is 16.5. The Kier molecular flexibility index (Phi) is 8.14. The summed E-state index contributed by atoms with van der Waals surface area (Å²) in [6, 6.07) is 14.0. The van der Waals surface area contributed by atoms with Gasteiger partial charge in [0, 0.05) is 12.6 Å². The van der Waals surface area contributed by atoms with E-state index in [0.717, 1.165) is 35.3 Å². The average molecular weight is 439 g/mol. The maximum absolute atomic E-state index is 12.5. The van der Waals surface area contributed by atoms with Crippen molar-refractivity contribution in [2.24, 2.45) is 0 Å². The summed E-state index contributed by atoms with van der Waals surface area (Å²) < 4.78 is 11.5. The van der Waals surface area contributed by atoms with E-state index in [1.807, 2.05) is 37.3 Å². The normalized spacial score (nSPS) is 14.0. The molecule has 0 bridgehead atoms. The third-order valence-electron chi connectivity index (χ3n) is 5.41. The highest BCUT2D eigenvalue weighted by Crippen LogP contribution is 2.28. The molecule has 0 spiro atoms. The van der Waals surface area contributed by atoms with Crippen molar-refractivity contribution in [3.05, 3.63) is 59.2 Å². The van der Waals surface area contributed by atoms with Gasteiger partial charge in [0.15, 0.2) is 12.7 Å². The van der Waals surface area contributed by atoms with Crippen LogP contribution in [-0.2, 0) is 16.0 Å². The number of hydrogen-bond donors (Lipinski definition) is 2. The molecule has 0 aromatic heterocycles. The third kappa shape index (κ3) is 7.29. The lowest BCUT2D eigenvalue weighted by atomic mass is 10.0. The Morgan fingerprint density at radius 1 is 1.06 bits per heavy atom. The van der Waals surface area contributed by atoms with E-state index < -0.39 is 6.10 Å². The van der Waals surface area contributed by atoms with E-state index in [2.05, 4.69) is 36.6 Å². The average Bonchev–Trinajstić information content (AvgIpc) is 3.57. The lowest BCUT2D eigenvalue weighted by Gasteiger charge is -2.19. The molecule has 1 unspecified atom stereocenters. The van der Waals surface area contributed by atoms with Gasteiger partial charge in [-0.25, -0.2) is 0 Å². The maximum Gasteiger partial charge on any atom is 0.260 e. The molecule has 1 atom stereocenters. The Labute approximate surface area is 190 Å². The SMILES string of the molecule is Cc1ccc(C(C)C)c(OC(C)C(=O)NCCc2ccc(OCC(=O)NC3CC3)cc2)c1. The molecular weight excluding hydrogens is 404 g/mol. The molecule has 0 heterocycles. The zero-order valence-corrected chi connectivity index (χ0v) is 19.4. The highest BCUT2D eigenvalue weighted by molar-refractivity contribution is 5.80. The molecule has 2 N–H and O–H groups in total. The van der Waals surface area contributed by atoms with Crippen molar-refractivity contribution >= 4 is 11.8 Å². The summed E-state index contributed by atoms with van der Waals surface area (Å²) >= 11 is 0. The minimum absolute atomic E-state index is 0.0310. The first-order valence-electron chi connectivity index (χ1n) is 11.4. The minimum Gasteiger partial charge on any atom is -0.484 e. The quantitative estimate of drug-likeness (QED) is 0.558. The van der Waals surface area contributed by atoms with Gasteiger partial charge in [-0.3, -0.25) is 9.59 Å². The fraction of sp³-hybridized carbons (Fsp3) is 0.462. The molecule has 1 saturated carbocycles. The second-order valence-corrected chi connectivity index (χ2v) is 8.77. The number of ether oxygens (including phenoxy) is 2. The predicted octanol–water partition coefficient (Wildman–Crippen LogP) is 3.90. The van der Waals surface area contributed by atoms with E-state index in [1.165, 1.54) is 0 Å². The lowest BCUT2D eigenvalue weighted by molar-refractivity contribution is -0.127. The van der Waals surface area contributed by atoms with Gasteiger partial charge in [-0.2, -0.15) is 0 Å². The molecule has 32 heavy (non-hydrogen) atoms. The van der Waals surface area contributed by atoms with Crippen LogP contribution in [0.1, 0.15) is 56.2 Å². The fourth-order valence-corrected chi connectivity index (χ4v) is 3.34. The molecule has 2 aromatic carbocycles. The Balaban J connectivity index is 1.41. The smallest absolute Gasteiger partial charge is 0.260 e. The molecule has 1 fully saturated rings. The number of nitrogens with one attached hydrogen (secondary N) is 2.